The van der Waals surface area contributed by atoms with E-state index in [9.17, 15) is 19.2 Å². The summed E-state index contributed by atoms with van der Waals surface area (Å²) in [4.78, 5) is 52.8. The molecule has 12 heteroatoms. The number of alkyl carbamates (subject to hydrolysis) is 1. The molecule has 0 spiro atoms. The Kier molecular flexibility index (Phi) is 13.8. The highest BCUT2D eigenvalue weighted by atomic mass is 35.5. The Morgan fingerprint density at radius 3 is 2.33 bits per heavy atom. The van der Waals surface area contributed by atoms with Gasteiger partial charge in [-0.2, -0.15) is 0 Å². The van der Waals surface area contributed by atoms with E-state index < -0.39 is 29.0 Å². The van der Waals surface area contributed by atoms with Gasteiger partial charge in [-0.15, -0.1) is 0 Å². The molecule has 10 nitrogen and oxygen atoms in total. The fourth-order valence-electron chi connectivity index (χ4n) is 5.94. The number of rotatable bonds is 14. The highest BCUT2D eigenvalue weighted by Crippen LogP contribution is 2.31. The van der Waals surface area contributed by atoms with Crippen molar-refractivity contribution in [2.45, 2.75) is 62.1 Å². The van der Waals surface area contributed by atoms with Crippen LogP contribution in [0.5, 0.6) is 0 Å². The average Bonchev–Trinajstić information content (AvgIpc) is 3.54. The number of likely N-dealkylation sites (tertiary alicyclic amines) is 1. The van der Waals surface area contributed by atoms with Crippen LogP contribution in [0.3, 0.4) is 0 Å². The number of unbranched alkanes of at least 4 members (excludes halogenated alkanes) is 2. The van der Waals surface area contributed by atoms with E-state index in [1.165, 1.54) is 5.56 Å². The van der Waals surface area contributed by atoms with Gasteiger partial charge in [-0.05, 0) is 55.7 Å². The van der Waals surface area contributed by atoms with Gasteiger partial charge in [0.15, 0.2) is 0 Å². The minimum Gasteiger partial charge on any atom is -0.445 e. The molecule has 2 aromatic rings. The molecule has 2 heterocycles. The van der Waals surface area contributed by atoms with Crippen LogP contribution < -0.4 is 16.0 Å². The first kappa shape index (κ1) is 34.5. The van der Waals surface area contributed by atoms with E-state index in [0.717, 1.165) is 31.2 Å². The van der Waals surface area contributed by atoms with Gasteiger partial charge in [-0.1, -0.05) is 83.9 Å². The Hall–Kier alpha value is -3.34. The van der Waals surface area contributed by atoms with Gasteiger partial charge in [0, 0.05) is 38.5 Å². The van der Waals surface area contributed by atoms with Crippen molar-refractivity contribution in [2.24, 2.45) is 11.8 Å². The first-order valence-electron chi connectivity index (χ1n) is 15.6. The van der Waals surface area contributed by atoms with Gasteiger partial charge >= 0.3 is 12.1 Å². The third-order valence-corrected chi connectivity index (χ3v) is 8.47. The van der Waals surface area contributed by atoms with Crippen LogP contribution >= 0.6 is 23.2 Å². The predicted molar refractivity (Wildman–Crippen MR) is 171 cm³/mol. The van der Waals surface area contributed by atoms with Crippen molar-refractivity contribution >= 4 is 47.1 Å². The van der Waals surface area contributed by atoms with Gasteiger partial charge in [-0.25, -0.2) is 4.79 Å². The van der Waals surface area contributed by atoms with E-state index in [1.54, 1.807) is 4.90 Å². The molecule has 244 valence electrons. The summed E-state index contributed by atoms with van der Waals surface area (Å²) in [6.07, 6.45) is 3.24. The zero-order chi connectivity index (χ0) is 32.0. The molecule has 2 aliphatic heterocycles. The van der Waals surface area contributed by atoms with E-state index in [0.29, 0.717) is 39.1 Å². The smallest absolute Gasteiger partial charge is 0.407 e. The van der Waals surface area contributed by atoms with E-state index in [4.69, 9.17) is 32.7 Å². The average molecular weight is 662 g/mol. The number of carbonyl (C=O) groups is 4. The monoisotopic (exact) mass is 660 g/mol. The molecule has 4 rings (SSSR count). The van der Waals surface area contributed by atoms with Gasteiger partial charge in [0.05, 0.1) is 5.92 Å². The molecule has 2 fully saturated rings. The van der Waals surface area contributed by atoms with E-state index in [-0.39, 0.29) is 36.7 Å². The van der Waals surface area contributed by atoms with Gasteiger partial charge in [0.2, 0.25) is 11.8 Å². The third-order valence-electron chi connectivity index (χ3n) is 8.29. The molecule has 0 aromatic heterocycles. The number of carbonyl (C=O) groups excluding carboxylic acids is 4. The van der Waals surface area contributed by atoms with E-state index >= 15 is 0 Å². The molecule has 2 saturated heterocycles. The van der Waals surface area contributed by atoms with Crippen molar-refractivity contribution in [3.05, 3.63) is 71.8 Å². The highest BCUT2D eigenvalue weighted by Gasteiger charge is 2.43. The summed E-state index contributed by atoms with van der Waals surface area (Å²) < 4.78 is 10.3. The van der Waals surface area contributed by atoms with Crippen LogP contribution in [-0.4, -0.2) is 72.6 Å². The van der Waals surface area contributed by atoms with Crippen LogP contribution in [0.1, 0.15) is 55.6 Å². The molecular formula is C33H42Cl2N4O6. The van der Waals surface area contributed by atoms with Crippen molar-refractivity contribution < 1.29 is 28.7 Å². The number of hydrogen-bond acceptors (Lipinski definition) is 7. The van der Waals surface area contributed by atoms with Gasteiger partial charge in [0.25, 0.3) is 5.02 Å². The molecule has 2 aliphatic rings. The molecular weight excluding hydrogens is 619 g/mol. The molecule has 2 aromatic carbocycles. The minimum atomic E-state index is -1.35. The molecule has 4 atom stereocenters. The quantitative estimate of drug-likeness (QED) is 0.155. The van der Waals surface area contributed by atoms with Crippen molar-refractivity contribution in [1.29, 1.82) is 0 Å². The van der Waals surface area contributed by atoms with Crippen molar-refractivity contribution in [3.63, 3.8) is 0 Å². The lowest BCUT2D eigenvalue weighted by Gasteiger charge is -2.36. The second kappa shape index (κ2) is 18.0. The maximum atomic E-state index is 13.6. The fourth-order valence-corrected chi connectivity index (χ4v) is 6.12. The van der Waals surface area contributed by atoms with Crippen LogP contribution in [0, 0.1) is 11.8 Å². The third kappa shape index (κ3) is 11.2. The van der Waals surface area contributed by atoms with Gasteiger partial charge < -0.3 is 30.3 Å². The molecule has 3 amide bonds. The number of esters is 1. The Bertz CT molecular complexity index is 1250. The number of piperidine rings is 1. The van der Waals surface area contributed by atoms with Crippen molar-refractivity contribution in [2.75, 3.05) is 32.7 Å². The summed E-state index contributed by atoms with van der Waals surface area (Å²) in [6.45, 7) is 2.82. The lowest BCUT2D eigenvalue weighted by molar-refractivity contribution is -0.155. The Balaban J connectivity index is 1.15. The van der Waals surface area contributed by atoms with Crippen LogP contribution in [0.25, 0.3) is 0 Å². The summed E-state index contributed by atoms with van der Waals surface area (Å²) in [7, 11) is 0. The van der Waals surface area contributed by atoms with E-state index in [2.05, 4.69) is 28.1 Å². The maximum Gasteiger partial charge on any atom is 0.407 e. The summed E-state index contributed by atoms with van der Waals surface area (Å²) >= 11 is 11.4. The highest BCUT2D eigenvalue weighted by molar-refractivity contribution is 6.43. The molecule has 1 unspecified atom stereocenters. The standard InChI is InChI=1S/C33H42Cl2N4O6/c34-32(35)45-31(42)27-18-24(20-38-29(27)30(41)39-17-14-26(21-39)25-12-6-2-7-13-25)19-28(40)36-15-8-3-9-16-37-33(43)44-22-23-10-4-1-5-11-23/h1-2,4-7,10-13,24,26-27,29,32,38H,3,8-9,14-22H2,(H,36,40)(H,37,43)/t24-,26+,27?,29-/m0/s1. The number of nitrogens with zero attached hydrogens (tertiary/aromatic N) is 1. The second-order valence-corrected chi connectivity index (χ2v) is 12.6. The maximum absolute atomic E-state index is 13.6. The molecule has 0 radical (unpaired) electrons. The number of ether oxygens (including phenoxy) is 2. The fraction of sp³-hybridized carbons (Fsp3) is 0.515. The SMILES string of the molecule is O=C(C[C@H]1CN[C@H](C(=O)N2CC[C@@H](c3ccccc3)C2)C(C(=O)OC(Cl)Cl)C1)NCCCCCNC(=O)OCc1ccccc1. The molecule has 3 N–H and O–H groups in total. The number of halogens is 2. The molecule has 0 saturated carbocycles. The first-order valence-corrected chi connectivity index (χ1v) is 16.4. The lowest BCUT2D eigenvalue weighted by atomic mass is 9.82. The summed E-state index contributed by atoms with van der Waals surface area (Å²) in [5.74, 6) is -1.67. The predicted octanol–water partition coefficient (Wildman–Crippen LogP) is 4.50. The summed E-state index contributed by atoms with van der Waals surface area (Å²) in [6, 6.07) is 18.8. The van der Waals surface area contributed by atoms with Gasteiger partial charge in [0.1, 0.15) is 12.6 Å². The zero-order valence-corrected chi connectivity index (χ0v) is 26.8. The number of hydrogen-bond donors (Lipinski definition) is 3. The lowest BCUT2D eigenvalue weighted by Crippen LogP contribution is -2.57. The van der Waals surface area contributed by atoms with Crippen LogP contribution in [0.2, 0.25) is 0 Å². The first-order chi connectivity index (χ1) is 21.8. The van der Waals surface area contributed by atoms with Crippen LogP contribution in [-0.2, 0) is 30.5 Å². The second-order valence-electron chi connectivity index (χ2n) is 11.6. The number of amides is 3. The Labute approximate surface area is 274 Å². The van der Waals surface area contributed by atoms with E-state index in [1.807, 2.05) is 48.5 Å². The Morgan fingerprint density at radius 2 is 1.62 bits per heavy atom. The van der Waals surface area contributed by atoms with Crippen molar-refractivity contribution in [1.82, 2.24) is 20.9 Å². The molecule has 0 bridgehead atoms. The van der Waals surface area contributed by atoms with Crippen LogP contribution in [0.4, 0.5) is 4.79 Å². The number of nitrogens with one attached hydrogen (secondary N) is 3. The number of benzene rings is 2. The van der Waals surface area contributed by atoms with Crippen molar-refractivity contribution in [3.8, 4) is 0 Å². The summed E-state index contributed by atoms with van der Waals surface area (Å²) in [5.41, 5.74) is 2.11. The molecule has 0 aliphatic carbocycles. The minimum absolute atomic E-state index is 0.126. The molecule has 45 heavy (non-hydrogen) atoms. The topological polar surface area (TPSA) is 126 Å². The number of alkyl halides is 2. The zero-order valence-electron chi connectivity index (χ0n) is 25.3. The summed E-state index contributed by atoms with van der Waals surface area (Å²) in [5, 5.41) is 7.54. The Morgan fingerprint density at radius 1 is 0.933 bits per heavy atom. The van der Waals surface area contributed by atoms with Gasteiger partial charge in [-0.3, -0.25) is 14.4 Å². The normalized spacial score (nSPS) is 21.3. The van der Waals surface area contributed by atoms with Crippen LogP contribution in [0.15, 0.2) is 60.7 Å². The largest absolute Gasteiger partial charge is 0.445 e.